The van der Waals surface area contributed by atoms with Gasteiger partial charge >= 0.3 is 0 Å². The van der Waals surface area contributed by atoms with Gasteiger partial charge in [-0.15, -0.1) is 11.3 Å². The van der Waals surface area contributed by atoms with Gasteiger partial charge in [-0.3, -0.25) is 10.1 Å². The number of nitrogens with zero attached hydrogens (tertiary/aromatic N) is 2. The number of benzene rings is 1. The fourth-order valence-electron chi connectivity index (χ4n) is 3.28. The molecule has 5 heteroatoms. The molecule has 4 nitrogen and oxygen atoms in total. The van der Waals surface area contributed by atoms with Crippen LogP contribution >= 0.6 is 11.3 Å². The van der Waals surface area contributed by atoms with E-state index < -0.39 is 0 Å². The number of hydrogen-bond donors (Lipinski definition) is 1. The molecule has 25 heavy (non-hydrogen) atoms. The van der Waals surface area contributed by atoms with E-state index in [-0.39, 0.29) is 5.91 Å². The molecule has 0 unspecified atom stereocenters. The fourth-order valence-corrected chi connectivity index (χ4v) is 3.99. The van der Waals surface area contributed by atoms with Crippen LogP contribution in [0.5, 0.6) is 0 Å². The van der Waals surface area contributed by atoms with Crippen LogP contribution in [0.3, 0.4) is 0 Å². The zero-order valence-electron chi connectivity index (χ0n) is 15.3. The van der Waals surface area contributed by atoms with Gasteiger partial charge in [0.25, 0.3) is 5.91 Å². The van der Waals surface area contributed by atoms with Gasteiger partial charge in [0, 0.05) is 28.4 Å². The summed E-state index contributed by atoms with van der Waals surface area (Å²) in [5.74, 6) is -0.106. The first-order valence-electron chi connectivity index (χ1n) is 8.39. The first kappa shape index (κ1) is 17.4. The minimum Gasteiger partial charge on any atom is -0.346 e. The summed E-state index contributed by atoms with van der Waals surface area (Å²) in [6, 6.07) is 10.4. The van der Waals surface area contributed by atoms with E-state index in [9.17, 15) is 4.79 Å². The number of rotatable bonds is 4. The van der Waals surface area contributed by atoms with E-state index >= 15 is 0 Å². The number of anilines is 1. The summed E-state index contributed by atoms with van der Waals surface area (Å²) >= 11 is 1.45. The monoisotopic (exact) mass is 353 g/mol. The lowest BCUT2D eigenvalue weighted by molar-refractivity contribution is 0.102. The van der Waals surface area contributed by atoms with E-state index in [1.54, 1.807) is 0 Å². The summed E-state index contributed by atoms with van der Waals surface area (Å²) in [5, 5.41) is 5.55. The Morgan fingerprint density at radius 2 is 1.92 bits per heavy atom. The highest BCUT2D eigenvalue weighted by Gasteiger charge is 2.18. The second kappa shape index (κ2) is 6.84. The number of hydrogen-bond acceptors (Lipinski definition) is 3. The molecule has 0 bridgehead atoms. The lowest BCUT2D eigenvalue weighted by Crippen LogP contribution is -2.13. The molecule has 0 spiro atoms. The van der Waals surface area contributed by atoms with Gasteiger partial charge in [-0.05, 0) is 46.2 Å². The van der Waals surface area contributed by atoms with Crippen LogP contribution in [0.25, 0.3) is 11.3 Å². The highest BCUT2D eigenvalue weighted by Crippen LogP contribution is 2.28. The van der Waals surface area contributed by atoms with Crippen LogP contribution in [0.1, 0.15) is 47.2 Å². The van der Waals surface area contributed by atoms with Crippen LogP contribution in [0.15, 0.2) is 35.7 Å². The van der Waals surface area contributed by atoms with Crippen LogP contribution in [-0.4, -0.2) is 15.5 Å². The van der Waals surface area contributed by atoms with Crippen molar-refractivity contribution in [3.05, 3.63) is 58.2 Å². The molecule has 0 fully saturated rings. The van der Waals surface area contributed by atoms with E-state index in [1.807, 2.05) is 43.5 Å². The average Bonchev–Trinajstić information content (AvgIpc) is 3.12. The number of amides is 1. The molecule has 0 saturated carbocycles. The molecule has 3 rings (SSSR count). The maximum absolute atomic E-state index is 12.7. The number of aryl methyl sites for hydroxylation is 2. The van der Waals surface area contributed by atoms with Crippen LogP contribution in [-0.2, 0) is 0 Å². The molecular weight excluding hydrogens is 330 g/mol. The number of thiazole rings is 1. The van der Waals surface area contributed by atoms with E-state index in [1.165, 1.54) is 16.9 Å². The number of nitrogens with one attached hydrogen (secondary N) is 1. The molecule has 2 heterocycles. The second-order valence-corrected chi connectivity index (χ2v) is 7.41. The minimum atomic E-state index is -0.106. The van der Waals surface area contributed by atoms with Gasteiger partial charge in [-0.2, -0.15) is 0 Å². The van der Waals surface area contributed by atoms with E-state index in [0.717, 1.165) is 22.6 Å². The van der Waals surface area contributed by atoms with E-state index in [0.29, 0.717) is 16.7 Å². The minimum absolute atomic E-state index is 0.106. The fraction of sp³-hybridized carbons (Fsp3) is 0.300. The van der Waals surface area contributed by atoms with Gasteiger partial charge in [-0.1, -0.05) is 24.3 Å². The summed E-state index contributed by atoms with van der Waals surface area (Å²) in [4.78, 5) is 17.3. The zero-order valence-corrected chi connectivity index (χ0v) is 16.1. The van der Waals surface area contributed by atoms with Crippen molar-refractivity contribution in [1.82, 2.24) is 9.55 Å². The molecule has 0 aliphatic rings. The van der Waals surface area contributed by atoms with Crippen molar-refractivity contribution in [3.63, 3.8) is 0 Å². The molecule has 1 N–H and O–H groups in total. The molecule has 0 atom stereocenters. The summed E-state index contributed by atoms with van der Waals surface area (Å²) < 4.78 is 2.18. The van der Waals surface area contributed by atoms with Gasteiger partial charge in [0.1, 0.15) is 0 Å². The third kappa shape index (κ3) is 3.37. The standard InChI is InChI=1S/C20H23N3OS/c1-12(2)23-14(4)10-17(15(23)5)19(24)22-20-21-18(11-25-20)16-9-7-6-8-13(16)3/h6-12H,1-5H3,(H,21,22,24). The summed E-state index contributed by atoms with van der Waals surface area (Å²) in [5.41, 5.74) is 5.95. The number of carbonyl (C=O) groups is 1. The van der Waals surface area contributed by atoms with Crippen molar-refractivity contribution in [2.24, 2.45) is 0 Å². The van der Waals surface area contributed by atoms with E-state index in [4.69, 9.17) is 0 Å². The first-order valence-corrected chi connectivity index (χ1v) is 9.27. The van der Waals surface area contributed by atoms with Gasteiger partial charge in [0.15, 0.2) is 5.13 Å². The summed E-state index contributed by atoms with van der Waals surface area (Å²) in [7, 11) is 0. The smallest absolute Gasteiger partial charge is 0.259 e. The topological polar surface area (TPSA) is 46.9 Å². The highest BCUT2D eigenvalue weighted by atomic mass is 32.1. The molecule has 1 amide bonds. The predicted molar refractivity (Wildman–Crippen MR) is 105 cm³/mol. The molecule has 0 radical (unpaired) electrons. The Morgan fingerprint density at radius 3 is 2.56 bits per heavy atom. The molecule has 3 aromatic rings. The maximum atomic E-state index is 12.7. The van der Waals surface area contributed by atoms with Crippen molar-refractivity contribution in [1.29, 1.82) is 0 Å². The van der Waals surface area contributed by atoms with Crippen molar-refractivity contribution >= 4 is 22.4 Å². The lowest BCUT2D eigenvalue weighted by atomic mass is 10.1. The van der Waals surface area contributed by atoms with Crippen LogP contribution in [0.4, 0.5) is 5.13 Å². The van der Waals surface area contributed by atoms with Crippen LogP contribution in [0.2, 0.25) is 0 Å². The van der Waals surface area contributed by atoms with E-state index in [2.05, 4.69) is 41.7 Å². The highest BCUT2D eigenvalue weighted by molar-refractivity contribution is 7.14. The van der Waals surface area contributed by atoms with Gasteiger partial charge < -0.3 is 4.57 Å². The Hall–Kier alpha value is -2.40. The molecule has 2 aromatic heterocycles. The van der Waals surface area contributed by atoms with Crippen molar-refractivity contribution in [2.75, 3.05) is 5.32 Å². The van der Waals surface area contributed by atoms with Gasteiger partial charge in [0.2, 0.25) is 0 Å². The Labute approximate surface area is 152 Å². The number of aromatic nitrogens is 2. The van der Waals surface area contributed by atoms with Crippen molar-refractivity contribution in [2.45, 2.75) is 40.7 Å². The second-order valence-electron chi connectivity index (χ2n) is 6.56. The number of carbonyl (C=O) groups excluding carboxylic acids is 1. The largest absolute Gasteiger partial charge is 0.346 e. The third-order valence-corrected chi connectivity index (χ3v) is 5.15. The average molecular weight is 353 g/mol. The Bertz CT molecular complexity index is 921. The SMILES string of the molecule is Cc1ccccc1-c1csc(NC(=O)c2cc(C)n(C(C)C)c2C)n1. The van der Waals surface area contributed by atoms with Crippen LogP contribution in [0, 0.1) is 20.8 Å². The van der Waals surface area contributed by atoms with Gasteiger partial charge in [-0.25, -0.2) is 4.98 Å². The summed E-state index contributed by atoms with van der Waals surface area (Å²) in [6.07, 6.45) is 0. The molecule has 1 aromatic carbocycles. The Morgan fingerprint density at radius 1 is 1.20 bits per heavy atom. The molecular formula is C20H23N3OS. The Balaban J connectivity index is 1.83. The van der Waals surface area contributed by atoms with Crippen molar-refractivity contribution in [3.8, 4) is 11.3 Å². The zero-order chi connectivity index (χ0) is 18.1. The third-order valence-electron chi connectivity index (χ3n) is 4.39. The van der Waals surface area contributed by atoms with Crippen molar-refractivity contribution < 1.29 is 4.79 Å². The predicted octanol–water partition coefficient (Wildman–Crippen LogP) is 5.37. The molecule has 0 aliphatic heterocycles. The maximum Gasteiger partial charge on any atom is 0.259 e. The molecule has 0 aliphatic carbocycles. The van der Waals surface area contributed by atoms with Crippen LogP contribution < -0.4 is 5.32 Å². The summed E-state index contributed by atoms with van der Waals surface area (Å²) in [6.45, 7) is 10.3. The first-order chi connectivity index (χ1) is 11.9. The molecule has 0 saturated heterocycles. The Kier molecular flexibility index (Phi) is 4.77. The normalized spacial score (nSPS) is 11.1. The molecule has 130 valence electrons. The quantitative estimate of drug-likeness (QED) is 0.685. The van der Waals surface area contributed by atoms with Gasteiger partial charge in [0.05, 0.1) is 11.3 Å². The lowest BCUT2D eigenvalue weighted by Gasteiger charge is -2.13.